The zero-order valence-electron chi connectivity index (χ0n) is 14.3. The van der Waals surface area contributed by atoms with Crippen LogP contribution in [0.15, 0.2) is 52.1 Å². The molecule has 0 aliphatic carbocycles. The molecule has 6 nitrogen and oxygen atoms in total. The first-order valence-electron chi connectivity index (χ1n) is 8.63. The average molecular weight is 369 g/mol. The summed E-state index contributed by atoms with van der Waals surface area (Å²) in [7, 11) is 0. The second kappa shape index (κ2) is 7.78. The number of aromatic nitrogens is 2. The van der Waals surface area contributed by atoms with E-state index in [4.69, 9.17) is 9.15 Å². The minimum atomic E-state index is 0.124. The number of amides is 1. The van der Waals surface area contributed by atoms with Crippen LogP contribution in [0.5, 0.6) is 5.75 Å². The molecule has 1 fully saturated rings. The van der Waals surface area contributed by atoms with Gasteiger partial charge in [0.2, 0.25) is 5.91 Å². The van der Waals surface area contributed by atoms with Gasteiger partial charge in [0, 0.05) is 18.5 Å². The molecule has 1 aliphatic heterocycles. The molecule has 0 N–H and O–H groups in total. The van der Waals surface area contributed by atoms with Gasteiger partial charge >= 0.3 is 0 Å². The fraction of sp³-hybridized carbons (Fsp3) is 0.316. The van der Waals surface area contributed by atoms with Gasteiger partial charge in [-0.15, -0.1) is 10.2 Å². The summed E-state index contributed by atoms with van der Waals surface area (Å²) >= 11 is 1.27. The maximum absolute atomic E-state index is 12.1. The van der Waals surface area contributed by atoms with Crippen LogP contribution in [0.25, 0.3) is 10.8 Å². The summed E-state index contributed by atoms with van der Waals surface area (Å²) < 4.78 is 11.4. The second-order valence-corrected chi connectivity index (χ2v) is 7.03. The Labute approximate surface area is 155 Å². The molecule has 2 heterocycles. The Morgan fingerprint density at radius 1 is 1.12 bits per heavy atom. The Kier molecular flexibility index (Phi) is 5.06. The third kappa shape index (κ3) is 3.83. The van der Waals surface area contributed by atoms with Gasteiger partial charge in [-0.3, -0.25) is 4.79 Å². The Morgan fingerprint density at radius 3 is 2.81 bits per heavy atom. The number of thioether (sulfide) groups is 1. The van der Waals surface area contributed by atoms with Gasteiger partial charge in [-0.1, -0.05) is 48.2 Å². The van der Waals surface area contributed by atoms with Gasteiger partial charge in [0.1, 0.15) is 5.75 Å². The van der Waals surface area contributed by atoms with Crippen LogP contribution < -0.4 is 4.74 Å². The predicted octanol–water partition coefficient (Wildman–Crippen LogP) is 3.52. The molecule has 26 heavy (non-hydrogen) atoms. The molecule has 0 atom stereocenters. The minimum absolute atomic E-state index is 0.124. The van der Waals surface area contributed by atoms with Crippen molar-refractivity contribution in [3.8, 4) is 5.75 Å². The highest BCUT2D eigenvalue weighted by Gasteiger charge is 2.19. The number of fused-ring (bicyclic) bond motifs is 1. The van der Waals surface area contributed by atoms with Gasteiger partial charge in [-0.05, 0) is 24.3 Å². The number of benzene rings is 2. The van der Waals surface area contributed by atoms with Crippen molar-refractivity contribution in [1.29, 1.82) is 0 Å². The fourth-order valence-electron chi connectivity index (χ4n) is 3.00. The molecule has 0 unspecified atom stereocenters. The van der Waals surface area contributed by atoms with Crippen LogP contribution in [0.2, 0.25) is 0 Å². The lowest BCUT2D eigenvalue weighted by atomic mass is 10.1. The smallest absolute Gasteiger partial charge is 0.277 e. The Hall–Kier alpha value is -2.54. The number of carbonyl (C=O) groups excluding carboxylic acids is 1. The van der Waals surface area contributed by atoms with Gasteiger partial charge in [-0.2, -0.15) is 0 Å². The summed E-state index contributed by atoms with van der Waals surface area (Å²) in [6, 6.07) is 14.0. The minimum Gasteiger partial charge on any atom is -0.483 e. The topological polar surface area (TPSA) is 68.5 Å². The first-order valence-corrected chi connectivity index (χ1v) is 9.62. The van der Waals surface area contributed by atoms with E-state index >= 15 is 0 Å². The maximum Gasteiger partial charge on any atom is 0.277 e. The molecule has 1 aliphatic rings. The molecule has 2 aromatic carbocycles. The molecule has 7 heteroatoms. The van der Waals surface area contributed by atoms with Gasteiger partial charge < -0.3 is 14.1 Å². The molecule has 4 rings (SSSR count). The highest BCUT2D eigenvalue weighted by atomic mass is 32.2. The summed E-state index contributed by atoms with van der Waals surface area (Å²) in [5.41, 5.74) is 0. The summed E-state index contributed by atoms with van der Waals surface area (Å²) in [5, 5.41) is 10.5. The van der Waals surface area contributed by atoms with Crippen molar-refractivity contribution in [3.63, 3.8) is 0 Å². The van der Waals surface area contributed by atoms with Crippen LogP contribution in [0.4, 0.5) is 0 Å². The summed E-state index contributed by atoms with van der Waals surface area (Å²) in [6.07, 6.45) is 2.18. The van der Waals surface area contributed by atoms with Crippen LogP contribution in [0.1, 0.15) is 18.7 Å². The lowest BCUT2D eigenvalue weighted by molar-refractivity contribution is -0.127. The molecule has 1 amide bonds. The van der Waals surface area contributed by atoms with Crippen molar-refractivity contribution in [1.82, 2.24) is 15.1 Å². The fourth-order valence-corrected chi connectivity index (χ4v) is 3.68. The average Bonchev–Trinajstić information content (AvgIpc) is 3.36. The van der Waals surface area contributed by atoms with Gasteiger partial charge in [0.25, 0.3) is 11.1 Å². The first-order chi connectivity index (χ1) is 12.8. The van der Waals surface area contributed by atoms with Crippen molar-refractivity contribution in [2.75, 3.05) is 18.8 Å². The monoisotopic (exact) mass is 369 g/mol. The van der Waals surface area contributed by atoms with E-state index in [1.165, 1.54) is 11.8 Å². The summed E-state index contributed by atoms with van der Waals surface area (Å²) in [5.74, 6) is 1.62. The second-order valence-electron chi connectivity index (χ2n) is 6.10. The van der Waals surface area contributed by atoms with Crippen molar-refractivity contribution in [2.24, 2.45) is 0 Å². The quantitative estimate of drug-likeness (QED) is 0.619. The Balaban J connectivity index is 1.34. The zero-order chi connectivity index (χ0) is 17.8. The summed E-state index contributed by atoms with van der Waals surface area (Å²) in [4.78, 5) is 13.9. The molecule has 1 aromatic heterocycles. The number of rotatable bonds is 6. The molecule has 0 saturated carbocycles. The molecule has 0 bridgehead atoms. The van der Waals surface area contributed by atoms with Crippen LogP contribution >= 0.6 is 11.8 Å². The van der Waals surface area contributed by atoms with Gasteiger partial charge in [-0.25, -0.2) is 0 Å². The summed E-state index contributed by atoms with van der Waals surface area (Å²) in [6.45, 7) is 1.91. The Morgan fingerprint density at radius 2 is 1.92 bits per heavy atom. The van der Waals surface area contributed by atoms with Crippen molar-refractivity contribution < 1.29 is 13.9 Å². The van der Waals surface area contributed by atoms with E-state index in [0.717, 1.165) is 42.5 Å². The van der Waals surface area contributed by atoms with E-state index < -0.39 is 0 Å². The maximum atomic E-state index is 12.1. The van der Waals surface area contributed by atoms with Crippen LogP contribution in [-0.4, -0.2) is 39.8 Å². The van der Waals surface area contributed by atoms with Crippen molar-refractivity contribution in [2.45, 2.75) is 24.7 Å². The predicted molar refractivity (Wildman–Crippen MR) is 99.1 cm³/mol. The molecule has 0 radical (unpaired) electrons. The first kappa shape index (κ1) is 16.9. The molecule has 1 saturated heterocycles. The van der Waals surface area contributed by atoms with Crippen LogP contribution in [-0.2, 0) is 11.4 Å². The molecular weight excluding hydrogens is 350 g/mol. The van der Waals surface area contributed by atoms with E-state index in [9.17, 15) is 4.79 Å². The standard InChI is InChI=1S/C19H19N3O3S/c23-18(22-10-3-4-11-22)13-26-19-21-20-17(25-19)12-24-16-9-5-7-14-6-1-2-8-15(14)16/h1-2,5-9H,3-4,10-13H2. The van der Waals surface area contributed by atoms with Gasteiger partial charge in [0.05, 0.1) is 5.75 Å². The number of hydrogen-bond acceptors (Lipinski definition) is 6. The number of ether oxygens (including phenoxy) is 1. The lowest BCUT2D eigenvalue weighted by Gasteiger charge is -2.13. The largest absolute Gasteiger partial charge is 0.483 e. The normalized spacial score (nSPS) is 14.1. The van der Waals surface area contributed by atoms with E-state index in [-0.39, 0.29) is 12.5 Å². The third-order valence-electron chi connectivity index (χ3n) is 4.33. The highest BCUT2D eigenvalue weighted by Crippen LogP contribution is 2.26. The van der Waals surface area contributed by atoms with E-state index in [1.54, 1.807) is 0 Å². The zero-order valence-corrected chi connectivity index (χ0v) is 15.1. The number of nitrogens with zero attached hydrogens (tertiary/aromatic N) is 3. The molecule has 134 valence electrons. The number of likely N-dealkylation sites (tertiary alicyclic amines) is 1. The molecule has 0 spiro atoms. The van der Waals surface area contributed by atoms with Gasteiger partial charge in [0.15, 0.2) is 6.61 Å². The Bertz CT molecular complexity index is 900. The van der Waals surface area contributed by atoms with E-state index in [0.29, 0.717) is 16.9 Å². The van der Waals surface area contributed by atoms with Crippen molar-refractivity contribution in [3.05, 3.63) is 48.4 Å². The van der Waals surface area contributed by atoms with E-state index in [2.05, 4.69) is 10.2 Å². The molecule has 3 aromatic rings. The lowest BCUT2D eigenvalue weighted by Crippen LogP contribution is -2.29. The molecular formula is C19H19N3O3S. The third-order valence-corrected chi connectivity index (χ3v) is 5.13. The highest BCUT2D eigenvalue weighted by molar-refractivity contribution is 7.99. The number of carbonyl (C=O) groups is 1. The SMILES string of the molecule is O=C(CSc1nnc(COc2cccc3ccccc23)o1)N1CCCC1. The van der Waals surface area contributed by atoms with Crippen molar-refractivity contribution >= 4 is 28.4 Å². The van der Waals surface area contributed by atoms with E-state index in [1.807, 2.05) is 47.4 Å². The van der Waals surface area contributed by atoms with Crippen LogP contribution in [0, 0.1) is 0 Å². The van der Waals surface area contributed by atoms with Crippen LogP contribution in [0.3, 0.4) is 0 Å². The number of hydrogen-bond donors (Lipinski definition) is 0.